The van der Waals surface area contributed by atoms with Crippen LogP contribution in [0.4, 0.5) is 0 Å². The number of benzene rings is 1. The van der Waals surface area contributed by atoms with Gasteiger partial charge in [0.2, 0.25) is 0 Å². The van der Waals surface area contributed by atoms with Gasteiger partial charge in [0.15, 0.2) is 0 Å². The predicted molar refractivity (Wildman–Crippen MR) is 69.7 cm³/mol. The molecule has 1 N–H and O–H groups in total. The number of nitrogens with zero attached hydrogens (tertiary/aromatic N) is 2. The van der Waals surface area contributed by atoms with Gasteiger partial charge in [0.25, 0.3) is 0 Å². The number of hydrogen-bond acceptors (Lipinski definition) is 2. The third-order valence-corrected chi connectivity index (χ3v) is 3.06. The standard InChI is InChI=1S/C14H19N3/c1-11-5-4-6-13(7-11)8-15-9-14-10-16-17(3)12(14)2/h4-7,10,15H,8-9H2,1-3H3. The maximum Gasteiger partial charge on any atom is 0.0537 e. The number of rotatable bonds is 4. The fraction of sp³-hybridized carbons (Fsp3) is 0.357. The van der Waals surface area contributed by atoms with Crippen molar-refractivity contribution in [2.75, 3.05) is 0 Å². The van der Waals surface area contributed by atoms with Crippen LogP contribution in [0.25, 0.3) is 0 Å². The zero-order valence-electron chi connectivity index (χ0n) is 10.7. The summed E-state index contributed by atoms with van der Waals surface area (Å²) in [6.07, 6.45) is 1.93. The Kier molecular flexibility index (Phi) is 3.59. The fourth-order valence-corrected chi connectivity index (χ4v) is 1.88. The van der Waals surface area contributed by atoms with Crippen molar-refractivity contribution in [1.29, 1.82) is 0 Å². The van der Waals surface area contributed by atoms with Gasteiger partial charge in [-0.3, -0.25) is 4.68 Å². The van der Waals surface area contributed by atoms with Gasteiger partial charge in [-0.25, -0.2) is 0 Å². The molecular formula is C14H19N3. The van der Waals surface area contributed by atoms with E-state index >= 15 is 0 Å². The predicted octanol–water partition coefficient (Wildman–Crippen LogP) is 2.33. The van der Waals surface area contributed by atoms with Crippen molar-refractivity contribution in [3.63, 3.8) is 0 Å². The molecule has 1 aromatic carbocycles. The molecule has 3 heteroatoms. The Morgan fingerprint density at radius 1 is 1.24 bits per heavy atom. The van der Waals surface area contributed by atoms with Crippen LogP contribution >= 0.6 is 0 Å². The topological polar surface area (TPSA) is 29.9 Å². The molecule has 0 saturated carbocycles. The minimum atomic E-state index is 0.869. The van der Waals surface area contributed by atoms with E-state index in [1.165, 1.54) is 22.4 Å². The van der Waals surface area contributed by atoms with E-state index in [9.17, 15) is 0 Å². The van der Waals surface area contributed by atoms with Gasteiger partial charge in [-0.2, -0.15) is 5.10 Å². The monoisotopic (exact) mass is 229 g/mol. The molecule has 0 spiro atoms. The molecule has 2 rings (SSSR count). The molecule has 0 aliphatic rings. The molecule has 0 bridgehead atoms. The number of aromatic nitrogens is 2. The van der Waals surface area contributed by atoms with Crippen LogP contribution in [0, 0.1) is 13.8 Å². The molecule has 90 valence electrons. The smallest absolute Gasteiger partial charge is 0.0537 e. The molecule has 0 atom stereocenters. The Hall–Kier alpha value is -1.61. The van der Waals surface area contributed by atoms with Crippen molar-refractivity contribution in [3.05, 3.63) is 52.8 Å². The number of nitrogens with one attached hydrogen (secondary N) is 1. The lowest BCUT2D eigenvalue weighted by Gasteiger charge is -2.05. The molecule has 0 amide bonds. The summed E-state index contributed by atoms with van der Waals surface area (Å²) in [5, 5.41) is 7.68. The second-order valence-electron chi connectivity index (χ2n) is 4.47. The average Bonchev–Trinajstić information content (AvgIpc) is 2.61. The van der Waals surface area contributed by atoms with E-state index in [2.05, 4.69) is 48.5 Å². The molecule has 0 saturated heterocycles. The Balaban J connectivity index is 1.90. The molecule has 1 heterocycles. The highest BCUT2D eigenvalue weighted by molar-refractivity contribution is 5.22. The summed E-state index contributed by atoms with van der Waals surface area (Å²) < 4.78 is 1.91. The molecule has 0 aliphatic carbocycles. The van der Waals surface area contributed by atoms with Crippen LogP contribution in [0.15, 0.2) is 30.5 Å². The normalized spacial score (nSPS) is 10.8. The molecular weight excluding hydrogens is 210 g/mol. The lowest BCUT2D eigenvalue weighted by Crippen LogP contribution is -2.13. The fourth-order valence-electron chi connectivity index (χ4n) is 1.88. The summed E-state index contributed by atoms with van der Waals surface area (Å²) >= 11 is 0. The minimum Gasteiger partial charge on any atom is -0.308 e. The first-order valence-electron chi connectivity index (χ1n) is 5.90. The van der Waals surface area contributed by atoms with E-state index in [0.29, 0.717) is 0 Å². The Morgan fingerprint density at radius 3 is 2.71 bits per heavy atom. The Labute approximate surface area is 102 Å². The van der Waals surface area contributed by atoms with Gasteiger partial charge in [-0.1, -0.05) is 29.8 Å². The highest BCUT2D eigenvalue weighted by Gasteiger charge is 2.02. The molecule has 0 fully saturated rings. The first-order valence-corrected chi connectivity index (χ1v) is 5.90. The van der Waals surface area contributed by atoms with Crippen LogP contribution in [-0.2, 0) is 20.1 Å². The van der Waals surface area contributed by atoms with E-state index in [4.69, 9.17) is 0 Å². The molecule has 2 aromatic rings. The summed E-state index contributed by atoms with van der Waals surface area (Å²) in [4.78, 5) is 0. The van der Waals surface area contributed by atoms with Crippen molar-refractivity contribution in [1.82, 2.24) is 15.1 Å². The first kappa shape index (κ1) is 11.9. The highest BCUT2D eigenvalue weighted by Crippen LogP contribution is 2.07. The third kappa shape index (κ3) is 2.94. The first-order chi connectivity index (χ1) is 8.16. The van der Waals surface area contributed by atoms with Crippen LogP contribution in [0.5, 0.6) is 0 Å². The lowest BCUT2D eigenvalue weighted by molar-refractivity contribution is 0.684. The van der Waals surface area contributed by atoms with Crippen molar-refractivity contribution in [3.8, 4) is 0 Å². The maximum atomic E-state index is 4.23. The van der Waals surface area contributed by atoms with E-state index in [-0.39, 0.29) is 0 Å². The van der Waals surface area contributed by atoms with Crippen molar-refractivity contribution in [2.45, 2.75) is 26.9 Å². The van der Waals surface area contributed by atoms with Gasteiger partial charge in [-0.15, -0.1) is 0 Å². The summed E-state index contributed by atoms with van der Waals surface area (Å²) in [5.41, 5.74) is 5.12. The average molecular weight is 229 g/mol. The molecule has 1 aromatic heterocycles. The van der Waals surface area contributed by atoms with E-state index in [1.807, 2.05) is 17.9 Å². The van der Waals surface area contributed by atoms with Gasteiger partial charge in [-0.05, 0) is 19.4 Å². The van der Waals surface area contributed by atoms with Gasteiger partial charge in [0, 0.05) is 31.4 Å². The molecule has 0 unspecified atom stereocenters. The Bertz CT molecular complexity index is 500. The van der Waals surface area contributed by atoms with Crippen LogP contribution < -0.4 is 5.32 Å². The zero-order valence-corrected chi connectivity index (χ0v) is 10.7. The van der Waals surface area contributed by atoms with Gasteiger partial charge < -0.3 is 5.32 Å². The molecule has 17 heavy (non-hydrogen) atoms. The maximum absolute atomic E-state index is 4.23. The van der Waals surface area contributed by atoms with Crippen LogP contribution in [0.3, 0.4) is 0 Å². The Morgan fingerprint density at radius 2 is 2.06 bits per heavy atom. The van der Waals surface area contributed by atoms with Crippen molar-refractivity contribution < 1.29 is 0 Å². The minimum absolute atomic E-state index is 0.869. The molecule has 0 aliphatic heterocycles. The summed E-state index contributed by atoms with van der Waals surface area (Å²) in [5.74, 6) is 0. The van der Waals surface area contributed by atoms with Gasteiger partial charge in [0.05, 0.1) is 6.20 Å². The summed E-state index contributed by atoms with van der Waals surface area (Å²) in [6, 6.07) is 8.58. The second kappa shape index (κ2) is 5.15. The van der Waals surface area contributed by atoms with Crippen molar-refractivity contribution >= 4 is 0 Å². The van der Waals surface area contributed by atoms with Crippen LogP contribution in [-0.4, -0.2) is 9.78 Å². The summed E-state index contributed by atoms with van der Waals surface area (Å²) in [6.45, 7) is 5.98. The third-order valence-electron chi connectivity index (χ3n) is 3.06. The highest BCUT2D eigenvalue weighted by atomic mass is 15.3. The quantitative estimate of drug-likeness (QED) is 0.872. The second-order valence-corrected chi connectivity index (χ2v) is 4.47. The zero-order chi connectivity index (χ0) is 12.3. The lowest BCUT2D eigenvalue weighted by atomic mass is 10.1. The van der Waals surface area contributed by atoms with E-state index in [1.54, 1.807) is 0 Å². The van der Waals surface area contributed by atoms with E-state index < -0.39 is 0 Å². The van der Waals surface area contributed by atoms with Crippen LogP contribution in [0.1, 0.15) is 22.4 Å². The van der Waals surface area contributed by atoms with Crippen LogP contribution in [0.2, 0.25) is 0 Å². The van der Waals surface area contributed by atoms with E-state index in [0.717, 1.165) is 13.1 Å². The number of aryl methyl sites for hydroxylation is 2. The molecule has 3 nitrogen and oxygen atoms in total. The largest absolute Gasteiger partial charge is 0.308 e. The molecule has 0 radical (unpaired) electrons. The van der Waals surface area contributed by atoms with Gasteiger partial charge >= 0.3 is 0 Å². The van der Waals surface area contributed by atoms with Gasteiger partial charge in [0.1, 0.15) is 0 Å². The van der Waals surface area contributed by atoms with Crippen molar-refractivity contribution in [2.24, 2.45) is 7.05 Å². The SMILES string of the molecule is Cc1cccc(CNCc2cnn(C)c2C)c1. The number of hydrogen-bond donors (Lipinski definition) is 1. The summed E-state index contributed by atoms with van der Waals surface area (Å²) in [7, 11) is 1.97.